The predicted octanol–water partition coefficient (Wildman–Crippen LogP) is 5.22. The summed E-state index contributed by atoms with van der Waals surface area (Å²) < 4.78 is 5.33. The molecule has 0 aromatic carbocycles. The number of carbonyl (C=O) groups excluding carboxylic acids is 1. The molecule has 1 aliphatic rings. The lowest BCUT2D eigenvalue weighted by atomic mass is 10.1. The fourth-order valence-corrected chi connectivity index (χ4v) is 2.48. The molecule has 0 saturated heterocycles. The summed E-state index contributed by atoms with van der Waals surface area (Å²) in [5.74, 6) is 0.128. The fourth-order valence-electron chi connectivity index (χ4n) is 2.48. The summed E-state index contributed by atoms with van der Waals surface area (Å²) in [4.78, 5) is 11.7. The molecule has 0 spiro atoms. The Morgan fingerprint density at radius 2 is 1.76 bits per heavy atom. The van der Waals surface area contributed by atoms with E-state index in [2.05, 4.69) is 6.92 Å². The smallest absolute Gasteiger partial charge is 0.306 e. The second-order valence-electron chi connectivity index (χ2n) is 5.83. The van der Waals surface area contributed by atoms with Crippen LogP contribution in [-0.2, 0) is 9.53 Å². The standard InChI is InChI=1S/C18H30O3/c1-2-3-4-5-6-7-8-9-10-11-18(20)21-17-14-12-16(19)13-15-17/h12-14,17,19H,2-11,15H2,1H3. The Balaban J connectivity index is 1.91. The summed E-state index contributed by atoms with van der Waals surface area (Å²) in [7, 11) is 0. The molecule has 120 valence electrons. The van der Waals surface area contributed by atoms with Gasteiger partial charge in [0.05, 0.1) is 0 Å². The van der Waals surface area contributed by atoms with Crippen LogP contribution in [0.3, 0.4) is 0 Å². The molecule has 0 fully saturated rings. The maximum atomic E-state index is 11.7. The Morgan fingerprint density at radius 1 is 1.14 bits per heavy atom. The highest BCUT2D eigenvalue weighted by Crippen LogP contribution is 2.14. The van der Waals surface area contributed by atoms with E-state index in [9.17, 15) is 9.90 Å². The van der Waals surface area contributed by atoms with E-state index in [0.717, 1.165) is 12.8 Å². The number of hydrogen-bond donors (Lipinski definition) is 1. The molecule has 0 saturated carbocycles. The molecule has 0 aromatic rings. The maximum Gasteiger partial charge on any atom is 0.306 e. The van der Waals surface area contributed by atoms with Gasteiger partial charge in [-0.25, -0.2) is 0 Å². The average molecular weight is 294 g/mol. The lowest BCUT2D eigenvalue weighted by Gasteiger charge is -2.15. The fraction of sp³-hybridized carbons (Fsp3) is 0.722. The number of ether oxygens (including phenoxy) is 1. The van der Waals surface area contributed by atoms with Crippen molar-refractivity contribution >= 4 is 5.97 Å². The second kappa shape index (κ2) is 11.4. The van der Waals surface area contributed by atoms with Crippen LogP contribution in [0.5, 0.6) is 0 Å². The SMILES string of the molecule is CCCCCCCCCCCC(=O)OC1C=CC(O)=CC1. The van der Waals surface area contributed by atoms with Crippen LogP contribution in [0.15, 0.2) is 24.0 Å². The first-order chi connectivity index (χ1) is 10.2. The molecule has 3 nitrogen and oxygen atoms in total. The third-order valence-electron chi connectivity index (χ3n) is 3.81. The van der Waals surface area contributed by atoms with Crippen LogP contribution in [-0.4, -0.2) is 17.2 Å². The van der Waals surface area contributed by atoms with E-state index >= 15 is 0 Å². The van der Waals surface area contributed by atoms with E-state index < -0.39 is 0 Å². The molecule has 1 rings (SSSR count). The number of aliphatic hydroxyl groups is 1. The molecule has 0 amide bonds. The quantitative estimate of drug-likeness (QED) is 0.419. The third kappa shape index (κ3) is 9.33. The molecule has 0 aliphatic heterocycles. The van der Waals surface area contributed by atoms with E-state index in [1.807, 2.05) is 0 Å². The van der Waals surface area contributed by atoms with Crippen LogP contribution in [0.4, 0.5) is 0 Å². The van der Waals surface area contributed by atoms with Crippen molar-refractivity contribution < 1.29 is 14.6 Å². The normalized spacial score (nSPS) is 17.6. The number of unbranched alkanes of at least 4 members (excludes halogenated alkanes) is 8. The lowest BCUT2D eigenvalue weighted by Crippen LogP contribution is -2.17. The molecule has 1 unspecified atom stereocenters. The highest BCUT2D eigenvalue weighted by atomic mass is 16.5. The molecular formula is C18H30O3. The van der Waals surface area contributed by atoms with Crippen LogP contribution >= 0.6 is 0 Å². The van der Waals surface area contributed by atoms with E-state index in [1.165, 1.54) is 44.9 Å². The lowest BCUT2D eigenvalue weighted by molar-refractivity contribution is -0.146. The van der Waals surface area contributed by atoms with Gasteiger partial charge in [-0.05, 0) is 24.6 Å². The van der Waals surface area contributed by atoms with Crippen molar-refractivity contribution in [3.63, 3.8) is 0 Å². The number of rotatable bonds is 11. The minimum Gasteiger partial charge on any atom is -0.508 e. The third-order valence-corrected chi connectivity index (χ3v) is 3.81. The van der Waals surface area contributed by atoms with E-state index in [-0.39, 0.29) is 17.8 Å². The number of allylic oxidation sites excluding steroid dienone is 1. The number of aliphatic hydroxyl groups excluding tert-OH is 1. The van der Waals surface area contributed by atoms with Crippen molar-refractivity contribution in [1.82, 2.24) is 0 Å². The van der Waals surface area contributed by atoms with Crippen molar-refractivity contribution in [2.24, 2.45) is 0 Å². The number of carbonyl (C=O) groups is 1. The van der Waals surface area contributed by atoms with Gasteiger partial charge in [-0.1, -0.05) is 58.3 Å². The van der Waals surface area contributed by atoms with Gasteiger partial charge in [-0.15, -0.1) is 0 Å². The Hall–Kier alpha value is -1.25. The monoisotopic (exact) mass is 294 g/mol. The number of esters is 1. The van der Waals surface area contributed by atoms with E-state index in [1.54, 1.807) is 18.2 Å². The largest absolute Gasteiger partial charge is 0.508 e. The first-order valence-corrected chi connectivity index (χ1v) is 8.49. The summed E-state index contributed by atoms with van der Waals surface area (Å²) in [6.07, 6.45) is 17.1. The van der Waals surface area contributed by atoms with Crippen molar-refractivity contribution in [3.8, 4) is 0 Å². The summed E-state index contributed by atoms with van der Waals surface area (Å²) in [6, 6.07) is 0. The average Bonchev–Trinajstić information content (AvgIpc) is 2.48. The second-order valence-corrected chi connectivity index (χ2v) is 5.83. The molecule has 0 aromatic heterocycles. The van der Waals surface area contributed by atoms with Crippen LogP contribution in [0, 0.1) is 0 Å². The molecule has 0 radical (unpaired) electrons. The molecule has 1 atom stereocenters. The summed E-state index contributed by atoms with van der Waals surface area (Å²) >= 11 is 0. The minimum absolute atomic E-state index is 0.123. The van der Waals surface area contributed by atoms with Crippen molar-refractivity contribution in [3.05, 3.63) is 24.0 Å². The predicted molar refractivity (Wildman–Crippen MR) is 86.2 cm³/mol. The molecule has 21 heavy (non-hydrogen) atoms. The van der Waals surface area contributed by atoms with Crippen LogP contribution in [0.1, 0.15) is 77.6 Å². The van der Waals surface area contributed by atoms with Crippen LogP contribution < -0.4 is 0 Å². The summed E-state index contributed by atoms with van der Waals surface area (Å²) in [5, 5.41) is 9.19. The first-order valence-electron chi connectivity index (χ1n) is 8.49. The molecular weight excluding hydrogens is 264 g/mol. The van der Waals surface area contributed by atoms with Crippen LogP contribution in [0.2, 0.25) is 0 Å². The van der Waals surface area contributed by atoms with Gasteiger partial charge in [-0.3, -0.25) is 4.79 Å². The summed E-state index contributed by atoms with van der Waals surface area (Å²) in [5.41, 5.74) is 0. The number of hydrogen-bond acceptors (Lipinski definition) is 3. The molecule has 1 aliphatic carbocycles. The zero-order valence-corrected chi connectivity index (χ0v) is 13.4. The van der Waals surface area contributed by atoms with Gasteiger partial charge in [0.1, 0.15) is 11.9 Å². The van der Waals surface area contributed by atoms with E-state index in [0.29, 0.717) is 12.8 Å². The topological polar surface area (TPSA) is 46.5 Å². The van der Waals surface area contributed by atoms with Gasteiger partial charge in [0, 0.05) is 12.8 Å². The van der Waals surface area contributed by atoms with Gasteiger partial charge < -0.3 is 9.84 Å². The van der Waals surface area contributed by atoms with Gasteiger partial charge in [-0.2, -0.15) is 0 Å². The van der Waals surface area contributed by atoms with Gasteiger partial charge in [0.25, 0.3) is 0 Å². The van der Waals surface area contributed by atoms with E-state index in [4.69, 9.17) is 4.74 Å². The van der Waals surface area contributed by atoms with Crippen LogP contribution in [0.25, 0.3) is 0 Å². The molecule has 1 N–H and O–H groups in total. The first kappa shape index (κ1) is 17.8. The zero-order valence-electron chi connectivity index (χ0n) is 13.4. The zero-order chi connectivity index (χ0) is 15.3. The van der Waals surface area contributed by atoms with Crippen molar-refractivity contribution in [2.45, 2.75) is 83.7 Å². The highest BCUT2D eigenvalue weighted by molar-refractivity contribution is 5.69. The molecule has 3 heteroatoms. The Bertz CT molecular complexity index is 344. The molecule has 0 bridgehead atoms. The van der Waals surface area contributed by atoms with Gasteiger partial charge in [0.2, 0.25) is 0 Å². The van der Waals surface area contributed by atoms with Crippen molar-refractivity contribution in [1.29, 1.82) is 0 Å². The van der Waals surface area contributed by atoms with Gasteiger partial charge >= 0.3 is 5.97 Å². The highest BCUT2D eigenvalue weighted by Gasteiger charge is 2.13. The Kier molecular flexibility index (Phi) is 9.68. The minimum atomic E-state index is -0.202. The summed E-state index contributed by atoms with van der Waals surface area (Å²) in [6.45, 7) is 2.24. The van der Waals surface area contributed by atoms with Crippen molar-refractivity contribution in [2.75, 3.05) is 0 Å². The molecule has 0 heterocycles. The Morgan fingerprint density at radius 3 is 2.33 bits per heavy atom. The van der Waals surface area contributed by atoms with Gasteiger partial charge in [0.15, 0.2) is 0 Å². The Labute approximate surface area is 129 Å². The maximum absolute atomic E-state index is 11.7.